The van der Waals surface area contributed by atoms with E-state index in [1.807, 2.05) is 19.1 Å². The number of carbonyl (C=O) groups is 1. The summed E-state index contributed by atoms with van der Waals surface area (Å²) in [5.74, 6) is -0.516. The number of amides is 1. The van der Waals surface area contributed by atoms with Gasteiger partial charge in [-0.1, -0.05) is 30.3 Å². The maximum absolute atomic E-state index is 13.1. The normalized spacial score (nSPS) is 17.8. The van der Waals surface area contributed by atoms with E-state index in [0.29, 0.717) is 5.69 Å². The minimum atomic E-state index is -0.358. The van der Waals surface area contributed by atoms with Crippen molar-refractivity contribution in [2.45, 2.75) is 31.8 Å². The summed E-state index contributed by atoms with van der Waals surface area (Å²) in [6.45, 7) is 1.83. The number of hydrogen-bond donors (Lipinski definition) is 2. The Balaban J connectivity index is 1.63. The molecule has 0 bridgehead atoms. The second-order valence-corrected chi connectivity index (χ2v) is 5.68. The molecular formula is C18H19FN2O. The topological polar surface area (TPSA) is 41.1 Å². The Morgan fingerprint density at radius 3 is 2.86 bits per heavy atom. The van der Waals surface area contributed by atoms with E-state index in [2.05, 4.69) is 22.8 Å². The third kappa shape index (κ3) is 3.17. The van der Waals surface area contributed by atoms with E-state index in [9.17, 15) is 9.18 Å². The number of anilines is 1. The van der Waals surface area contributed by atoms with Crippen LogP contribution in [0.5, 0.6) is 0 Å². The third-order valence-corrected chi connectivity index (χ3v) is 4.07. The Kier molecular flexibility index (Phi) is 4.20. The van der Waals surface area contributed by atoms with Gasteiger partial charge in [-0.2, -0.15) is 0 Å². The van der Waals surface area contributed by atoms with E-state index in [1.165, 1.54) is 23.3 Å². The lowest BCUT2D eigenvalue weighted by Gasteiger charge is -2.20. The van der Waals surface area contributed by atoms with Crippen LogP contribution in [0, 0.1) is 5.82 Å². The molecule has 2 N–H and O–H groups in total. The number of fused-ring (bicyclic) bond motifs is 1. The lowest BCUT2D eigenvalue weighted by atomic mass is 10.1. The third-order valence-electron chi connectivity index (χ3n) is 4.07. The summed E-state index contributed by atoms with van der Waals surface area (Å²) in [5, 5.41) is 6.10. The van der Waals surface area contributed by atoms with Gasteiger partial charge in [0, 0.05) is 11.7 Å². The predicted octanol–water partition coefficient (Wildman–Crippen LogP) is 3.43. The van der Waals surface area contributed by atoms with Crippen LogP contribution in [-0.2, 0) is 11.2 Å². The number of rotatable bonds is 4. The molecule has 1 aliphatic rings. The summed E-state index contributed by atoms with van der Waals surface area (Å²) in [7, 11) is 0. The summed E-state index contributed by atoms with van der Waals surface area (Å²) in [4.78, 5) is 12.2. The van der Waals surface area contributed by atoms with Crippen LogP contribution in [0.15, 0.2) is 48.5 Å². The van der Waals surface area contributed by atoms with Crippen molar-refractivity contribution >= 4 is 11.6 Å². The lowest BCUT2D eigenvalue weighted by molar-refractivity contribution is -0.118. The van der Waals surface area contributed by atoms with Crippen LogP contribution < -0.4 is 10.6 Å². The first-order chi connectivity index (χ1) is 10.6. The molecule has 0 fully saturated rings. The quantitative estimate of drug-likeness (QED) is 0.908. The molecule has 0 aliphatic heterocycles. The summed E-state index contributed by atoms with van der Waals surface area (Å²) in [6, 6.07) is 14.1. The first kappa shape index (κ1) is 14.7. The number of hydrogen-bond acceptors (Lipinski definition) is 2. The molecule has 0 heterocycles. The van der Waals surface area contributed by atoms with Gasteiger partial charge in [-0.3, -0.25) is 10.1 Å². The van der Waals surface area contributed by atoms with Gasteiger partial charge >= 0.3 is 0 Å². The van der Waals surface area contributed by atoms with E-state index < -0.39 is 0 Å². The zero-order valence-electron chi connectivity index (χ0n) is 12.5. The second-order valence-electron chi connectivity index (χ2n) is 5.68. The standard InChI is InChI=1S/C18H19FN2O/c1-12(18(22)21-15-7-4-6-14(19)11-15)20-17-10-9-13-5-2-3-8-16(13)17/h2-8,11-12,17,20H,9-10H2,1H3,(H,21,22). The maximum atomic E-state index is 13.1. The Morgan fingerprint density at radius 2 is 2.05 bits per heavy atom. The van der Waals surface area contributed by atoms with Crippen LogP contribution in [0.3, 0.4) is 0 Å². The molecule has 0 spiro atoms. The van der Waals surface area contributed by atoms with Crippen molar-refractivity contribution in [2.24, 2.45) is 0 Å². The van der Waals surface area contributed by atoms with E-state index in [0.717, 1.165) is 12.8 Å². The first-order valence-corrected chi connectivity index (χ1v) is 7.54. The van der Waals surface area contributed by atoms with Crippen LogP contribution in [0.1, 0.15) is 30.5 Å². The highest BCUT2D eigenvalue weighted by Crippen LogP contribution is 2.31. The molecule has 1 aliphatic carbocycles. The second kappa shape index (κ2) is 6.28. The van der Waals surface area contributed by atoms with E-state index >= 15 is 0 Å². The number of carbonyl (C=O) groups excluding carboxylic acids is 1. The Hall–Kier alpha value is -2.20. The van der Waals surface area contributed by atoms with Crippen molar-refractivity contribution in [3.63, 3.8) is 0 Å². The lowest BCUT2D eigenvalue weighted by Crippen LogP contribution is -2.39. The highest BCUT2D eigenvalue weighted by molar-refractivity contribution is 5.94. The van der Waals surface area contributed by atoms with Gasteiger partial charge in [0.15, 0.2) is 0 Å². The molecule has 4 heteroatoms. The highest BCUT2D eigenvalue weighted by atomic mass is 19.1. The van der Waals surface area contributed by atoms with Crippen molar-refractivity contribution in [2.75, 3.05) is 5.32 Å². The zero-order valence-corrected chi connectivity index (χ0v) is 12.5. The van der Waals surface area contributed by atoms with Gasteiger partial charge in [-0.25, -0.2) is 4.39 Å². The van der Waals surface area contributed by atoms with E-state index in [4.69, 9.17) is 0 Å². The van der Waals surface area contributed by atoms with Crippen LogP contribution in [0.25, 0.3) is 0 Å². The average molecular weight is 298 g/mol. The molecule has 2 aromatic rings. The molecule has 22 heavy (non-hydrogen) atoms. The molecule has 2 atom stereocenters. The fourth-order valence-corrected chi connectivity index (χ4v) is 2.92. The summed E-state index contributed by atoms with van der Waals surface area (Å²) in [5.41, 5.74) is 3.09. The van der Waals surface area contributed by atoms with Crippen molar-refractivity contribution < 1.29 is 9.18 Å². The summed E-state index contributed by atoms with van der Waals surface area (Å²) >= 11 is 0. The smallest absolute Gasteiger partial charge is 0.241 e. The van der Waals surface area contributed by atoms with Gasteiger partial charge in [0.05, 0.1) is 6.04 Å². The molecule has 0 radical (unpaired) electrons. The molecule has 2 aromatic carbocycles. The largest absolute Gasteiger partial charge is 0.325 e. The van der Waals surface area contributed by atoms with Gasteiger partial charge in [0.25, 0.3) is 0 Å². The molecule has 1 amide bonds. The Bertz CT molecular complexity index is 686. The molecule has 2 unspecified atom stereocenters. The molecule has 0 saturated heterocycles. The highest BCUT2D eigenvalue weighted by Gasteiger charge is 2.25. The van der Waals surface area contributed by atoms with Crippen LogP contribution in [-0.4, -0.2) is 11.9 Å². The monoisotopic (exact) mass is 298 g/mol. The number of nitrogens with one attached hydrogen (secondary N) is 2. The number of aryl methyl sites for hydroxylation is 1. The van der Waals surface area contributed by atoms with Crippen LogP contribution in [0.4, 0.5) is 10.1 Å². The zero-order chi connectivity index (χ0) is 15.5. The minimum absolute atomic E-state index is 0.157. The van der Waals surface area contributed by atoms with Crippen molar-refractivity contribution in [1.29, 1.82) is 0 Å². The van der Waals surface area contributed by atoms with Gasteiger partial charge in [0.1, 0.15) is 5.82 Å². The SMILES string of the molecule is CC(NC1CCc2ccccc21)C(=O)Nc1cccc(F)c1. The Labute approximate surface area is 129 Å². The first-order valence-electron chi connectivity index (χ1n) is 7.54. The number of halogens is 1. The fourth-order valence-electron chi connectivity index (χ4n) is 2.92. The summed E-state index contributed by atoms with van der Waals surface area (Å²) < 4.78 is 13.1. The molecular weight excluding hydrogens is 279 g/mol. The predicted molar refractivity (Wildman–Crippen MR) is 85.1 cm³/mol. The van der Waals surface area contributed by atoms with Crippen molar-refractivity contribution in [3.8, 4) is 0 Å². The Morgan fingerprint density at radius 1 is 1.23 bits per heavy atom. The molecule has 114 valence electrons. The molecule has 0 aromatic heterocycles. The van der Waals surface area contributed by atoms with Crippen LogP contribution in [0.2, 0.25) is 0 Å². The average Bonchev–Trinajstić information content (AvgIpc) is 2.90. The fraction of sp³-hybridized carbons (Fsp3) is 0.278. The van der Waals surface area contributed by atoms with E-state index in [-0.39, 0.29) is 23.8 Å². The van der Waals surface area contributed by atoms with Gasteiger partial charge in [-0.15, -0.1) is 0 Å². The molecule has 3 rings (SSSR count). The summed E-state index contributed by atoms with van der Waals surface area (Å²) in [6.07, 6.45) is 2.03. The molecule has 0 saturated carbocycles. The number of benzene rings is 2. The molecule has 3 nitrogen and oxygen atoms in total. The van der Waals surface area contributed by atoms with Crippen LogP contribution >= 0.6 is 0 Å². The van der Waals surface area contributed by atoms with Crippen molar-refractivity contribution in [1.82, 2.24) is 5.32 Å². The maximum Gasteiger partial charge on any atom is 0.241 e. The van der Waals surface area contributed by atoms with Crippen molar-refractivity contribution in [3.05, 3.63) is 65.5 Å². The van der Waals surface area contributed by atoms with E-state index in [1.54, 1.807) is 12.1 Å². The van der Waals surface area contributed by atoms with Gasteiger partial charge in [-0.05, 0) is 49.1 Å². The van der Waals surface area contributed by atoms with Gasteiger partial charge < -0.3 is 5.32 Å². The van der Waals surface area contributed by atoms with Gasteiger partial charge in [0.2, 0.25) is 5.91 Å². The minimum Gasteiger partial charge on any atom is -0.325 e.